The van der Waals surface area contributed by atoms with Crippen molar-refractivity contribution >= 4 is 17.9 Å². The summed E-state index contributed by atoms with van der Waals surface area (Å²) in [5, 5.41) is 0. The van der Waals surface area contributed by atoms with E-state index in [4.69, 9.17) is 14.2 Å². The first kappa shape index (κ1) is 47.4. The molecule has 0 bridgehead atoms. The first-order valence-corrected chi connectivity index (χ1v) is 21.4. The van der Waals surface area contributed by atoms with Crippen LogP contribution in [0.1, 0.15) is 233 Å². The molecular formula is C43H82O6. The van der Waals surface area contributed by atoms with E-state index in [1.54, 1.807) is 0 Å². The van der Waals surface area contributed by atoms with Crippen molar-refractivity contribution in [2.75, 3.05) is 13.2 Å². The highest BCUT2D eigenvalue weighted by molar-refractivity contribution is 5.71. The van der Waals surface area contributed by atoms with Crippen LogP contribution < -0.4 is 0 Å². The van der Waals surface area contributed by atoms with Crippen molar-refractivity contribution in [3.8, 4) is 0 Å². The molecule has 0 fully saturated rings. The SMILES string of the molecule is CCCCCCCCCCCCCC(=O)O[C@@H](COC(=O)CCCCCCCCC)COC(=O)CCCCCCCCCCCCC(C)C. The Labute approximate surface area is 304 Å². The Morgan fingerprint density at radius 1 is 0.388 bits per heavy atom. The van der Waals surface area contributed by atoms with E-state index in [2.05, 4.69) is 27.7 Å². The van der Waals surface area contributed by atoms with Crippen LogP contribution in [0.25, 0.3) is 0 Å². The Balaban J connectivity index is 4.29. The minimum atomic E-state index is -0.757. The van der Waals surface area contributed by atoms with Crippen molar-refractivity contribution in [1.82, 2.24) is 0 Å². The summed E-state index contributed by atoms with van der Waals surface area (Å²) >= 11 is 0. The average molecular weight is 695 g/mol. The molecule has 0 saturated carbocycles. The molecule has 0 rings (SSSR count). The fourth-order valence-electron chi connectivity index (χ4n) is 6.27. The highest BCUT2D eigenvalue weighted by atomic mass is 16.6. The van der Waals surface area contributed by atoms with E-state index in [9.17, 15) is 14.4 Å². The van der Waals surface area contributed by atoms with Gasteiger partial charge in [0.15, 0.2) is 6.10 Å². The topological polar surface area (TPSA) is 78.9 Å². The molecule has 0 aliphatic carbocycles. The van der Waals surface area contributed by atoms with E-state index in [0.29, 0.717) is 19.3 Å². The van der Waals surface area contributed by atoms with Gasteiger partial charge in [-0.15, -0.1) is 0 Å². The van der Waals surface area contributed by atoms with Gasteiger partial charge in [-0.3, -0.25) is 14.4 Å². The van der Waals surface area contributed by atoms with Gasteiger partial charge in [-0.1, -0.05) is 195 Å². The maximum atomic E-state index is 12.6. The Morgan fingerprint density at radius 2 is 0.673 bits per heavy atom. The number of hydrogen-bond donors (Lipinski definition) is 0. The van der Waals surface area contributed by atoms with Gasteiger partial charge in [0.25, 0.3) is 0 Å². The molecule has 0 radical (unpaired) electrons. The summed E-state index contributed by atoms with van der Waals surface area (Å²) in [7, 11) is 0. The summed E-state index contributed by atoms with van der Waals surface area (Å²) < 4.78 is 16.6. The van der Waals surface area contributed by atoms with Crippen LogP contribution in [-0.4, -0.2) is 37.2 Å². The summed E-state index contributed by atoms with van der Waals surface area (Å²) in [4.78, 5) is 37.5. The monoisotopic (exact) mass is 695 g/mol. The molecule has 0 aromatic carbocycles. The summed E-state index contributed by atoms with van der Waals surface area (Å²) in [6, 6.07) is 0. The molecular weight excluding hydrogens is 612 g/mol. The third-order valence-electron chi connectivity index (χ3n) is 9.54. The third-order valence-corrected chi connectivity index (χ3v) is 9.54. The Hall–Kier alpha value is -1.59. The van der Waals surface area contributed by atoms with Crippen LogP contribution in [0.4, 0.5) is 0 Å². The van der Waals surface area contributed by atoms with Crippen LogP contribution in [0, 0.1) is 5.92 Å². The molecule has 290 valence electrons. The lowest BCUT2D eigenvalue weighted by Crippen LogP contribution is -2.30. The van der Waals surface area contributed by atoms with Gasteiger partial charge in [-0.05, 0) is 25.2 Å². The quantitative estimate of drug-likeness (QED) is 0.0364. The fourth-order valence-corrected chi connectivity index (χ4v) is 6.27. The van der Waals surface area contributed by atoms with Gasteiger partial charge < -0.3 is 14.2 Å². The molecule has 49 heavy (non-hydrogen) atoms. The van der Waals surface area contributed by atoms with Crippen molar-refractivity contribution < 1.29 is 28.6 Å². The smallest absolute Gasteiger partial charge is 0.306 e. The van der Waals surface area contributed by atoms with E-state index >= 15 is 0 Å². The number of carbonyl (C=O) groups excluding carboxylic acids is 3. The van der Waals surface area contributed by atoms with E-state index in [-0.39, 0.29) is 31.1 Å². The van der Waals surface area contributed by atoms with E-state index < -0.39 is 6.10 Å². The van der Waals surface area contributed by atoms with Crippen molar-refractivity contribution in [1.29, 1.82) is 0 Å². The van der Waals surface area contributed by atoms with Gasteiger partial charge in [0.05, 0.1) is 0 Å². The molecule has 0 aromatic heterocycles. The first-order valence-electron chi connectivity index (χ1n) is 21.4. The third kappa shape index (κ3) is 37.5. The number of carbonyl (C=O) groups is 3. The molecule has 6 nitrogen and oxygen atoms in total. The van der Waals surface area contributed by atoms with E-state index in [1.165, 1.54) is 128 Å². The summed E-state index contributed by atoms with van der Waals surface area (Å²) in [5.74, 6) is -0.0467. The van der Waals surface area contributed by atoms with Gasteiger partial charge in [-0.25, -0.2) is 0 Å². The van der Waals surface area contributed by atoms with Crippen LogP contribution in [0.5, 0.6) is 0 Å². The normalized spacial score (nSPS) is 11.9. The van der Waals surface area contributed by atoms with Crippen LogP contribution >= 0.6 is 0 Å². The lowest BCUT2D eigenvalue weighted by atomic mass is 10.0. The molecule has 0 N–H and O–H groups in total. The number of rotatable bonds is 38. The van der Waals surface area contributed by atoms with Crippen molar-refractivity contribution in [3.05, 3.63) is 0 Å². The van der Waals surface area contributed by atoms with Gasteiger partial charge in [0.2, 0.25) is 0 Å². The second-order valence-electron chi connectivity index (χ2n) is 15.1. The minimum absolute atomic E-state index is 0.0648. The summed E-state index contributed by atoms with van der Waals surface area (Å²) in [6.07, 6.45) is 35.2. The molecule has 0 unspecified atom stereocenters. The molecule has 1 atom stereocenters. The molecule has 0 spiro atoms. The van der Waals surface area contributed by atoms with Gasteiger partial charge in [0, 0.05) is 19.3 Å². The second kappa shape index (κ2) is 37.7. The lowest BCUT2D eigenvalue weighted by molar-refractivity contribution is -0.167. The lowest BCUT2D eigenvalue weighted by Gasteiger charge is -2.18. The summed E-state index contributed by atoms with van der Waals surface area (Å²) in [5.41, 5.74) is 0. The highest BCUT2D eigenvalue weighted by Gasteiger charge is 2.19. The van der Waals surface area contributed by atoms with Crippen LogP contribution in [-0.2, 0) is 28.6 Å². The molecule has 0 aliphatic heterocycles. The predicted molar refractivity (Wildman–Crippen MR) is 206 cm³/mol. The van der Waals surface area contributed by atoms with Crippen LogP contribution in [0.2, 0.25) is 0 Å². The number of esters is 3. The maximum absolute atomic E-state index is 12.6. The average Bonchev–Trinajstić information content (AvgIpc) is 3.08. The summed E-state index contributed by atoms with van der Waals surface area (Å²) in [6.45, 7) is 8.93. The molecule has 6 heteroatoms. The zero-order chi connectivity index (χ0) is 36.0. The fraction of sp³-hybridized carbons (Fsp3) is 0.930. The number of unbranched alkanes of at least 4 members (excludes halogenated alkanes) is 25. The minimum Gasteiger partial charge on any atom is -0.462 e. The predicted octanol–water partition coefficient (Wildman–Crippen LogP) is 13.2. The first-order chi connectivity index (χ1) is 23.9. The van der Waals surface area contributed by atoms with Gasteiger partial charge in [-0.2, -0.15) is 0 Å². The second-order valence-corrected chi connectivity index (χ2v) is 15.1. The van der Waals surface area contributed by atoms with Crippen molar-refractivity contribution in [2.24, 2.45) is 5.92 Å². The molecule has 0 aromatic rings. The zero-order valence-corrected chi connectivity index (χ0v) is 33.1. The Morgan fingerprint density at radius 3 is 1.00 bits per heavy atom. The largest absolute Gasteiger partial charge is 0.462 e. The molecule has 0 amide bonds. The van der Waals surface area contributed by atoms with Crippen LogP contribution in [0.15, 0.2) is 0 Å². The Kier molecular flexibility index (Phi) is 36.4. The highest BCUT2D eigenvalue weighted by Crippen LogP contribution is 2.15. The van der Waals surface area contributed by atoms with Crippen molar-refractivity contribution in [3.63, 3.8) is 0 Å². The van der Waals surface area contributed by atoms with E-state index in [1.807, 2.05) is 0 Å². The van der Waals surface area contributed by atoms with Gasteiger partial charge in [0.1, 0.15) is 13.2 Å². The van der Waals surface area contributed by atoms with Crippen LogP contribution in [0.3, 0.4) is 0 Å². The molecule has 0 saturated heterocycles. The molecule has 0 heterocycles. The molecule has 0 aliphatic rings. The number of hydrogen-bond acceptors (Lipinski definition) is 6. The van der Waals surface area contributed by atoms with Gasteiger partial charge >= 0.3 is 17.9 Å². The van der Waals surface area contributed by atoms with E-state index in [0.717, 1.165) is 63.7 Å². The standard InChI is InChI=1S/C43H82O6/c1-5-7-9-11-13-14-15-20-24-28-32-36-43(46)49-40(37-47-41(44)34-30-26-21-12-10-8-6-2)38-48-42(45)35-31-27-23-19-17-16-18-22-25-29-33-39(3)4/h39-40H,5-38H2,1-4H3/t40-/m0/s1. The zero-order valence-electron chi connectivity index (χ0n) is 33.1. The maximum Gasteiger partial charge on any atom is 0.306 e. The Bertz CT molecular complexity index is 736. The number of ether oxygens (including phenoxy) is 3. The van der Waals surface area contributed by atoms with Crippen molar-refractivity contribution in [2.45, 2.75) is 239 Å².